The third-order valence-electron chi connectivity index (χ3n) is 3.55. The summed E-state index contributed by atoms with van der Waals surface area (Å²) in [6, 6.07) is 0. The monoisotopic (exact) mass is 239 g/mol. The van der Waals surface area contributed by atoms with E-state index in [2.05, 4.69) is 10.4 Å². The van der Waals surface area contributed by atoms with Gasteiger partial charge in [-0.2, -0.15) is 5.10 Å². The molecule has 1 aliphatic rings. The van der Waals surface area contributed by atoms with Gasteiger partial charge in [-0.3, -0.25) is 4.68 Å². The first-order valence-electron chi connectivity index (χ1n) is 6.26. The standard InChI is InChI=1S/C12H21N3O2/c16-6-5-15-9-11(8-14-15)7-13-12(10-17)3-1-2-4-12/h8-9,13,16-17H,1-7,10H2. The van der Waals surface area contributed by atoms with Crippen molar-refractivity contribution in [2.24, 2.45) is 0 Å². The van der Waals surface area contributed by atoms with Crippen molar-refractivity contribution >= 4 is 0 Å². The number of aromatic nitrogens is 2. The summed E-state index contributed by atoms with van der Waals surface area (Å²) < 4.78 is 1.73. The lowest BCUT2D eigenvalue weighted by Gasteiger charge is -2.27. The normalized spacial score (nSPS) is 18.7. The fourth-order valence-corrected chi connectivity index (χ4v) is 2.45. The summed E-state index contributed by atoms with van der Waals surface area (Å²) in [7, 11) is 0. The molecule has 1 aliphatic carbocycles. The Hall–Kier alpha value is -0.910. The molecule has 0 amide bonds. The van der Waals surface area contributed by atoms with Crippen molar-refractivity contribution in [3.63, 3.8) is 0 Å². The van der Waals surface area contributed by atoms with Gasteiger partial charge in [-0.1, -0.05) is 12.8 Å². The molecule has 0 atom stereocenters. The number of nitrogens with zero attached hydrogens (tertiary/aromatic N) is 2. The third kappa shape index (κ3) is 3.06. The van der Waals surface area contributed by atoms with Crippen LogP contribution < -0.4 is 5.32 Å². The summed E-state index contributed by atoms with van der Waals surface area (Å²) in [6.07, 6.45) is 8.23. The molecule has 1 aromatic heterocycles. The molecular weight excluding hydrogens is 218 g/mol. The van der Waals surface area contributed by atoms with Crippen LogP contribution in [0.15, 0.2) is 12.4 Å². The van der Waals surface area contributed by atoms with Gasteiger partial charge in [0.2, 0.25) is 0 Å². The van der Waals surface area contributed by atoms with Crippen molar-refractivity contribution in [1.82, 2.24) is 15.1 Å². The first-order chi connectivity index (χ1) is 8.28. The molecule has 0 unspecified atom stereocenters. The molecule has 0 aliphatic heterocycles. The second kappa shape index (κ2) is 5.62. The van der Waals surface area contributed by atoms with E-state index in [0.717, 1.165) is 24.9 Å². The van der Waals surface area contributed by atoms with Crippen molar-refractivity contribution < 1.29 is 10.2 Å². The van der Waals surface area contributed by atoms with Crippen molar-refractivity contribution in [2.75, 3.05) is 13.2 Å². The van der Waals surface area contributed by atoms with Crippen LogP contribution in [0.3, 0.4) is 0 Å². The van der Waals surface area contributed by atoms with Gasteiger partial charge in [0.1, 0.15) is 0 Å². The van der Waals surface area contributed by atoms with E-state index in [-0.39, 0.29) is 18.8 Å². The number of aliphatic hydroxyl groups is 2. The molecule has 0 bridgehead atoms. The lowest BCUT2D eigenvalue weighted by atomic mass is 9.99. The molecule has 2 rings (SSSR count). The van der Waals surface area contributed by atoms with Crippen LogP contribution in [0.2, 0.25) is 0 Å². The topological polar surface area (TPSA) is 70.3 Å². The number of nitrogens with one attached hydrogen (secondary N) is 1. The quantitative estimate of drug-likeness (QED) is 0.666. The van der Waals surface area contributed by atoms with Crippen LogP contribution in [0, 0.1) is 0 Å². The van der Waals surface area contributed by atoms with E-state index >= 15 is 0 Å². The van der Waals surface area contributed by atoms with Crippen molar-refractivity contribution in [2.45, 2.75) is 44.3 Å². The van der Waals surface area contributed by atoms with E-state index in [1.54, 1.807) is 4.68 Å². The van der Waals surface area contributed by atoms with Gasteiger partial charge in [-0.25, -0.2) is 0 Å². The van der Waals surface area contributed by atoms with Gasteiger partial charge in [0.15, 0.2) is 0 Å². The largest absolute Gasteiger partial charge is 0.394 e. The van der Waals surface area contributed by atoms with Crippen molar-refractivity contribution in [1.29, 1.82) is 0 Å². The highest BCUT2D eigenvalue weighted by Gasteiger charge is 2.32. The molecule has 3 N–H and O–H groups in total. The Morgan fingerprint density at radius 2 is 2.12 bits per heavy atom. The van der Waals surface area contributed by atoms with E-state index < -0.39 is 0 Å². The Kier molecular flexibility index (Phi) is 4.15. The van der Waals surface area contributed by atoms with Crippen molar-refractivity contribution in [3.05, 3.63) is 18.0 Å². The van der Waals surface area contributed by atoms with E-state index in [9.17, 15) is 5.11 Å². The summed E-state index contributed by atoms with van der Waals surface area (Å²) in [5.74, 6) is 0. The molecule has 1 heterocycles. The molecule has 0 saturated heterocycles. The molecule has 1 aromatic rings. The van der Waals surface area contributed by atoms with Gasteiger partial charge < -0.3 is 15.5 Å². The molecule has 17 heavy (non-hydrogen) atoms. The SMILES string of the molecule is OCCn1cc(CNC2(CO)CCCC2)cn1. The molecule has 1 fully saturated rings. The van der Waals surface area contributed by atoms with Gasteiger partial charge in [-0.15, -0.1) is 0 Å². The maximum atomic E-state index is 9.47. The van der Waals surface area contributed by atoms with Gasteiger partial charge in [-0.05, 0) is 12.8 Å². The smallest absolute Gasteiger partial charge is 0.0640 e. The number of hydrogen-bond donors (Lipinski definition) is 3. The zero-order valence-corrected chi connectivity index (χ0v) is 10.1. The minimum Gasteiger partial charge on any atom is -0.394 e. The van der Waals surface area contributed by atoms with E-state index in [0.29, 0.717) is 6.54 Å². The predicted octanol–water partition coefficient (Wildman–Crippen LogP) is 0.270. The summed E-state index contributed by atoms with van der Waals surface area (Å²) >= 11 is 0. The van der Waals surface area contributed by atoms with Crippen LogP contribution in [0.25, 0.3) is 0 Å². The van der Waals surface area contributed by atoms with Crippen LogP contribution in [-0.4, -0.2) is 38.7 Å². The Balaban J connectivity index is 1.87. The minimum atomic E-state index is -0.0842. The fraction of sp³-hybridized carbons (Fsp3) is 0.750. The second-order valence-electron chi connectivity index (χ2n) is 4.83. The molecule has 96 valence electrons. The molecule has 0 radical (unpaired) electrons. The molecule has 1 saturated carbocycles. The zero-order chi connectivity index (χ0) is 12.1. The summed E-state index contributed by atoms with van der Waals surface area (Å²) in [4.78, 5) is 0. The molecular formula is C12H21N3O2. The highest BCUT2D eigenvalue weighted by Crippen LogP contribution is 2.29. The van der Waals surface area contributed by atoms with Crippen LogP contribution in [0.5, 0.6) is 0 Å². The summed E-state index contributed by atoms with van der Waals surface area (Å²) in [5, 5.41) is 25.9. The molecule has 0 spiro atoms. The maximum absolute atomic E-state index is 9.47. The lowest BCUT2D eigenvalue weighted by Crippen LogP contribution is -2.45. The Morgan fingerprint density at radius 3 is 2.76 bits per heavy atom. The van der Waals surface area contributed by atoms with Crippen LogP contribution in [0.4, 0.5) is 0 Å². The Bertz CT molecular complexity index is 345. The predicted molar refractivity (Wildman–Crippen MR) is 64.4 cm³/mol. The van der Waals surface area contributed by atoms with Crippen LogP contribution >= 0.6 is 0 Å². The average molecular weight is 239 g/mol. The highest BCUT2D eigenvalue weighted by molar-refractivity contribution is 5.05. The zero-order valence-electron chi connectivity index (χ0n) is 10.1. The fourth-order valence-electron chi connectivity index (χ4n) is 2.45. The second-order valence-corrected chi connectivity index (χ2v) is 4.83. The lowest BCUT2D eigenvalue weighted by molar-refractivity contribution is 0.163. The number of hydrogen-bond acceptors (Lipinski definition) is 4. The first-order valence-corrected chi connectivity index (χ1v) is 6.26. The average Bonchev–Trinajstić information content (AvgIpc) is 2.96. The van der Waals surface area contributed by atoms with Gasteiger partial charge in [0.05, 0.1) is 26.0 Å². The third-order valence-corrected chi connectivity index (χ3v) is 3.55. The van der Waals surface area contributed by atoms with Gasteiger partial charge in [0.25, 0.3) is 0 Å². The Morgan fingerprint density at radius 1 is 1.35 bits per heavy atom. The summed E-state index contributed by atoms with van der Waals surface area (Å²) in [6.45, 7) is 1.57. The van der Waals surface area contributed by atoms with E-state index in [1.807, 2.05) is 12.4 Å². The van der Waals surface area contributed by atoms with E-state index in [1.165, 1.54) is 12.8 Å². The first kappa shape index (κ1) is 12.5. The molecule has 5 nitrogen and oxygen atoms in total. The summed E-state index contributed by atoms with van der Waals surface area (Å²) in [5.41, 5.74) is 1.01. The number of rotatable bonds is 6. The minimum absolute atomic E-state index is 0.0842. The van der Waals surface area contributed by atoms with Gasteiger partial charge >= 0.3 is 0 Å². The molecule has 5 heteroatoms. The molecule has 0 aromatic carbocycles. The van der Waals surface area contributed by atoms with Gasteiger partial charge in [0, 0.05) is 23.8 Å². The number of aliphatic hydroxyl groups excluding tert-OH is 2. The Labute approximate surface area is 101 Å². The van der Waals surface area contributed by atoms with Crippen LogP contribution in [0.1, 0.15) is 31.2 Å². The van der Waals surface area contributed by atoms with Crippen molar-refractivity contribution in [3.8, 4) is 0 Å². The maximum Gasteiger partial charge on any atom is 0.0640 e. The van der Waals surface area contributed by atoms with E-state index in [4.69, 9.17) is 5.11 Å². The highest BCUT2D eigenvalue weighted by atomic mass is 16.3. The van der Waals surface area contributed by atoms with Crippen LogP contribution in [-0.2, 0) is 13.1 Å².